The third-order valence-corrected chi connectivity index (χ3v) is 1.57. The predicted octanol–water partition coefficient (Wildman–Crippen LogP) is 0.235. The molecular weight excluding hydrogens is 183 g/mol. The van der Waals surface area contributed by atoms with Crippen LogP contribution in [-0.4, -0.2) is 12.5 Å². The lowest BCUT2D eigenvalue weighted by molar-refractivity contribution is 0.0996. The Kier molecular flexibility index (Phi) is 3.21. The van der Waals surface area contributed by atoms with E-state index in [2.05, 4.69) is 11.8 Å². The second-order valence-corrected chi connectivity index (χ2v) is 2.56. The number of carbonyl (C=O) groups excluding carboxylic acids is 1. The van der Waals surface area contributed by atoms with Crippen molar-refractivity contribution in [2.75, 3.05) is 6.54 Å². The summed E-state index contributed by atoms with van der Waals surface area (Å²) in [7, 11) is 0. The summed E-state index contributed by atoms with van der Waals surface area (Å²) in [6, 6.07) is 3.92. The molecule has 0 spiro atoms. The number of hydrogen-bond donors (Lipinski definition) is 2. The first-order valence-corrected chi connectivity index (χ1v) is 3.93. The van der Waals surface area contributed by atoms with Gasteiger partial charge in [0.1, 0.15) is 5.82 Å². The molecule has 0 aliphatic heterocycles. The highest BCUT2D eigenvalue weighted by molar-refractivity contribution is 5.93. The van der Waals surface area contributed by atoms with Gasteiger partial charge >= 0.3 is 0 Å². The zero-order chi connectivity index (χ0) is 10.6. The van der Waals surface area contributed by atoms with Gasteiger partial charge < -0.3 is 11.5 Å². The lowest BCUT2D eigenvalue weighted by Crippen LogP contribution is -2.13. The first-order chi connectivity index (χ1) is 6.65. The van der Waals surface area contributed by atoms with Gasteiger partial charge in [0, 0.05) is 5.56 Å². The van der Waals surface area contributed by atoms with Crippen LogP contribution in [-0.2, 0) is 0 Å². The molecule has 0 unspecified atom stereocenters. The Morgan fingerprint density at radius 1 is 1.50 bits per heavy atom. The number of halogens is 1. The topological polar surface area (TPSA) is 69.1 Å². The van der Waals surface area contributed by atoms with E-state index >= 15 is 0 Å². The van der Waals surface area contributed by atoms with Crippen LogP contribution in [0.3, 0.4) is 0 Å². The normalized spacial score (nSPS) is 9.00. The van der Waals surface area contributed by atoms with Crippen molar-refractivity contribution in [3.8, 4) is 11.8 Å². The molecule has 0 bridgehead atoms. The molecule has 0 atom stereocenters. The molecule has 1 aromatic carbocycles. The fraction of sp³-hybridized carbons (Fsp3) is 0.100. The summed E-state index contributed by atoms with van der Waals surface area (Å²) in [5, 5.41) is 0. The third-order valence-electron chi connectivity index (χ3n) is 1.57. The molecule has 14 heavy (non-hydrogen) atoms. The van der Waals surface area contributed by atoms with Gasteiger partial charge in [0.2, 0.25) is 0 Å². The second-order valence-electron chi connectivity index (χ2n) is 2.56. The first-order valence-electron chi connectivity index (χ1n) is 3.93. The van der Waals surface area contributed by atoms with Crippen LogP contribution in [0.2, 0.25) is 0 Å². The lowest BCUT2D eigenvalue weighted by Gasteiger charge is -1.98. The minimum Gasteiger partial charge on any atom is -0.366 e. The maximum Gasteiger partial charge on any atom is 0.251 e. The van der Waals surface area contributed by atoms with E-state index in [4.69, 9.17) is 11.5 Å². The van der Waals surface area contributed by atoms with E-state index in [0.717, 1.165) is 6.07 Å². The van der Waals surface area contributed by atoms with E-state index in [1.165, 1.54) is 12.1 Å². The van der Waals surface area contributed by atoms with Crippen LogP contribution in [0, 0.1) is 17.7 Å². The largest absolute Gasteiger partial charge is 0.366 e. The van der Waals surface area contributed by atoms with Crippen LogP contribution in [0.1, 0.15) is 15.9 Å². The predicted molar refractivity (Wildman–Crippen MR) is 50.9 cm³/mol. The molecule has 0 aromatic heterocycles. The number of rotatable bonds is 1. The molecule has 0 aliphatic rings. The van der Waals surface area contributed by atoms with Gasteiger partial charge in [-0.05, 0) is 18.2 Å². The molecule has 1 aromatic rings. The Balaban J connectivity index is 3.13. The second kappa shape index (κ2) is 4.40. The summed E-state index contributed by atoms with van der Waals surface area (Å²) in [6.07, 6.45) is 0. The van der Waals surface area contributed by atoms with Gasteiger partial charge in [-0.25, -0.2) is 4.39 Å². The number of carbonyl (C=O) groups is 1. The Morgan fingerprint density at radius 3 is 2.79 bits per heavy atom. The minimum absolute atomic E-state index is 0.158. The van der Waals surface area contributed by atoms with Crippen molar-refractivity contribution in [2.45, 2.75) is 0 Å². The van der Waals surface area contributed by atoms with Crippen molar-refractivity contribution < 1.29 is 9.18 Å². The van der Waals surface area contributed by atoms with E-state index in [-0.39, 0.29) is 12.1 Å². The first kappa shape index (κ1) is 10.2. The molecule has 1 rings (SSSR count). The molecule has 0 aliphatic carbocycles. The van der Waals surface area contributed by atoms with Crippen LogP contribution in [0.5, 0.6) is 0 Å². The van der Waals surface area contributed by atoms with Crippen LogP contribution < -0.4 is 11.5 Å². The van der Waals surface area contributed by atoms with Gasteiger partial charge in [-0.3, -0.25) is 4.79 Å². The average molecular weight is 192 g/mol. The molecule has 0 fully saturated rings. The fourth-order valence-corrected chi connectivity index (χ4v) is 0.945. The molecule has 72 valence electrons. The van der Waals surface area contributed by atoms with Crippen LogP contribution in [0.15, 0.2) is 18.2 Å². The molecular formula is C10H9FN2O. The van der Waals surface area contributed by atoms with E-state index in [1.54, 1.807) is 0 Å². The highest BCUT2D eigenvalue weighted by atomic mass is 19.1. The zero-order valence-corrected chi connectivity index (χ0v) is 7.38. The standard InChI is InChI=1S/C10H9FN2O/c11-9-4-3-7(2-1-5-12)6-8(9)10(13)14/h3-4,6H,5,12H2,(H2,13,14). The van der Waals surface area contributed by atoms with Gasteiger partial charge in [-0.1, -0.05) is 11.8 Å². The van der Waals surface area contributed by atoms with Crippen molar-refractivity contribution in [1.82, 2.24) is 0 Å². The summed E-state index contributed by atoms with van der Waals surface area (Å²) in [4.78, 5) is 10.8. The quantitative estimate of drug-likeness (QED) is 0.625. The Bertz CT molecular complexity index is 418. The minimum atomic E-state index is -0.807. The van der Waals surface area contributed by atoms with Gasteiger partial charge in [-0.2, -0.15) is 0 Å². The van der Waals surface area contributed by atoms with Gasteiger partial charge in [-0.15, -0.1) is 0 Å². The van der Waals surface area contributed by atoms with Crippen molar-refractivity contribution >= 4 is 5.91 Å². The molecule has 3 nitrogen and oxygen atoms in total. The monoisotopic (exact) mass is 192 g/mol. The SMILES string of the molecule is NCC#Cc1ccc(F)c(C(N)=O)c1. The average Bonchev–Trinajstić information content (AvgIpc) is 2.16. The van der Waals surface area contributed by atoms with Gasteiger partial charge in [0.05, 0.1) is 12.1 Å². The summed E-state index contributed by atoms with van der Waals surface area (Å²) < 4.78 is 13.0. The number of primary amides is 1. The fourth-order valence-electron chi connectivity index (χ4n) is 0.945. The molecule has 0 saturated heterocycles. The smallest absolute Gasteiger partial charge is 0.251 e. The number of nitrogens with two attached hydrogens (primary N) is 2. The highest BCUT2D eigenvalue weighted by Crippen LogP contribution is 2.08. The Labute approximate surface area is 80.9 Å². The van der Waals surface area contributed by atoms with E-state index in [9.17, 15) is 9.18 Å². The maximum atomic E-state index is 13.0. The van der Waals surface area contributed by atoms with E-state index in [0.29, 0.717) is 5.56 Å². The molecule has 1 amide bonds. The van der Waals surface area contributed by atoms with Crippen LogP contribution >= 0.6 is 0 Å². The Morgan fingerprint density at radius 2 is 2.21 bits per heavy atom. The molecule has 0 saturated carbocycles. The summed E-state index contributed by atoms with van der Waals surface area (Å²) in [5.74, 6) is 3.82. The van der Waals surface area contributed by atoms with Crippen LogP contribution in [0.4, 0.5) is 4.39 Å². The van der Waals surface area contributed by atoms with Gasteiger partial charge in [0.15, 0.2) is 0 Å². The maximum absolute atomic E-state index is 13.0. The van der Waals surface area contributed by atoms with Crippen molar-refractivity contribution in [1.29, 1.82) is 0 Å². The highest BCUT2D eigenvalue weighted by Gasteiger charge is 2.07. The Hall–Kier alpha value is -1.86. The van der Waals surface area contributed by atoms with E-state index in [1.807, 2.05) is 0 Å². The summed E-state index contributed by atoms with van der Waals surface area (Å²) >= 11 is 0. The van der Waals surface area contributed by atoms with Crippen molar-refractivity contribution in [3.05, 3.63) is 35.1 Å². The molecule has 4 heteroatoms. The zero-order valence-electron chi connectivity index (χ0n) is 7.38. The van der Waals surface area contributed by atoms with Crippen molar-refractivity contribution in [3.63, 3.8) is 0 Å². The van der Waals surface area contributed by atoms with Crippen molar-refractivity contribution in [2.24, 2.45) is 11.5 Å². The molecule has 0 radical (unpaired) electrons. The third kappa shape index (κ3) is 2.31. The van der Waals surface area contributed by atoms with E-state index < -0.39 is 11.7 Å². The molecule has 0 heterocycles. The number of hydrogen-bond acceptors (Lipinski definition) is 2. The number of amides is 1. The van der Waals surface area contributed by atoms with Gasteiger partial charge in [0.25, 0.3) is 5.91 Å². The summed E-state index contributed by atoms with van der Waals surface area (Å²) in [5.41, 5.74) is 10.5. The van der Waals surface area contributed by atoms with Crippen LogP contribution in [0.25, 0.3) is 0 Å². The lowest BCUT2D eigenvalue weighted by atomic mass is 10.1. The molecule has 4 N–H and O–H groups in total. The number of benzene rings is 1. The summed E-state index contributed by atoms with van der Waals surface area (Å²) in [6.45, 7) is 0.212.